The first-order chi connectivity index (χ1) is 8.70. The summed E-state index contributed by atoms with van der Waals surface area (Å²) in [7, 11) is 0. The van der Waals surface area contributed by atoms with Crippen molar-refractivity contribution < 1.29 is 19.1 Å². The van der Waals surface area contributed by atoms with Crippen molar-refractivity contribution in [3.63, 3.8) is 0 Å². The van der Waals surface area contributed by atoms with Crippen LogP contribution in [-0.4, -0.2) is 28.0 Å². The Kier molecular flexibility index (Phi) is 4.69. The van der Waals surface area contributed by atoms with E-state index in [9.17, 15) is 9.59 Å². The zero-order valence-electron chi connectivity index (χ0n) is 11.7. The fourth-order valence-electron chi connectivity index (χ4n) is 1.58. The van der Waals surface area contributed by atoms with Crippen LogP contribution in [0.25, 0.3) is 0 Å². The molecule has 1 atom stereocenters. The number of aliphatic carboxylic acids is 1. The first-order valence-electron chi connectivity index (χ1n) is 6.14. The maximum Gasteiger partial charge on any atom is 0.326 e. The molecule has 0 radical (unpaired) electrons. The summed E-state index contributed by atoms with van der Waals surface area (Å²) in [5.41, 5.74) is 0.143. The lowest BCUT2D eigenvalue weighted by molar-refractivity contribution is -0.139. The number of nitrogens with zero attached hydrogens (tertiary/aromatic N) is 1. The van der Waals surface area contributed by atoms with Crippen LogP contribution in [0, 0.1) is 12.3 Å². The molecule has 0 aliphatic heterocycles. The minimum Gasteiger partial charge on any atom is -0.480 e. The molecule has 0 aromatic carbocycles. The number of hydrogen-bond donors (Lipinski definition) is 2. The number of hydrogen-bond acceptors (Lipinski definition) is 4. The molecule has 0 fully saturated rings. The van der Waals surface area contributed by atoms with E-state index in [-0.39, 0.29) is 11.1 Å². The zero-order chi connectivity index (χ0) is 14.6. The molecule has 106 valence electrons. The van der Waals surface area contributed by atoms with Crippen LogP contribution in [0.1, 0.15) is 49.9 Å². The summed E-state index contributed by atoms with van der Waals surface area (Å²) in [6.45, 7) is 7.67. The van der Waals surface area contributed by atoms with Gasteiger partial charge in [0.05, 0.1) is 0 Å². The van der Waals surface area contributed by atoms with E-state index in [0.717, 1.165) is 6.39 Å². The highest BCUT2D eigenvalue weighted by molar-refractivity contribution is 5.95. The number of nitrogens with one attached hydrogen (secondary N) is 1. The zero-order valence-corrected chi connectivity index (χ0v) is 11.7. The molecule has 0 saturated carbocycles. The van der Waals surface area contributed by atoms with Gasteiger partial charge in [-0.2, -0.15) is 0 Å². The molecule has 19 heavy (non-hydrogen) atoms. The lowest BCUT2D eigenvalue weighted by Gasteiger charge is -2.21. The van der Waals surface area contributed by atoms with Crippen LogP contribution in [-0.2, 0) is 4.79 Å². The first-order valence-corrected chi connectivity index (χ1v) is 6.14. The van der Waals surface area contributed by atoms with Crippen LogP contribution in [0.2, 0.25) is 0 Å². The molecule has 0 bridgehead atoms. The molecule has 6 heteroatoms. The maximum absolute atomic E-state index is 11.9. The second kappa shape index (κ2) is 5.86. The standard InChI is InChI=1S/C13H20N2O4/c1-8-10(14-7-19-8)11(16)15-9(12(17)18)5-6-13(2,3)4/h7,9H,5-6H2,1-4H3,(H,15,16)(H,17,18). The van der Waals surface area contributed by atoms with Crippen molar-refractivity contribution in [2.24, 2.45) is 5.41 Å². The highest BCUT2D eigenvalue weighted by atomic mass is 16.4. The van der Waals surface area contributed by atoms with Crippen LogP contribution < -0.4 is 5.32 Å². The Labute approximate surface area is 112 Å². The Morgan fingerprint density at radius 1 is 1.47 bits per heavy atom. The van der Waals surface area contributed by atoms with Crippen LogP contribution in [0.15, 0.2) is 10.8 Å². The van der Waals surface area contributed by atoms with Crippen molar-refractivity contribution in [2.75, 3.05) is 0 Å². The summed E-state index contributed by atoms with van der Waals surface area (Å²) >= 11 is 0. The normalized spacial score (nSPS) is 13.1. The van der Waals surface area contributed by atoms with Crippen molar-refractivity contribution in [2.45, 2.75) is 46.6 Å². The van der Waals surface area contributed by atoms with Crippen LogP contribution in [0.3, 0.4) is 0 Å². The van der Waals surface area contributed by atoms with Crippen molar-refractivity contribution in [1.82, 2.24) is 10.3 Å². The highest BCUT2D eigenvalue weighted by Gasteiger charge is 2.24. The molecule has 2 N–H and O–H groups in total. The number of carboxylic acids is 1. The Morgan fingerprint density at radius 3 is 2.53 bits per heavy atom. The van der Waals surface area contributed by atoms with E-state index in [2.05, 4.69) is 10.3 Å². The number of carboxylic acid groups (broad SMARTS) is 1. The number of aryl methyl sites for hydroxylation is 1. The van der Waals surface area contributed by atoms with Gasteiger partial charge in [0.25, 0.3) is 5.91 Å². The largest absolute Gasteiger partial charge is 0.480 e. The topological polar surface area (TPSA) is 92.4 Å². The molecule has 0 spiro atoms. The monoisotopic (exact) mass is 268 g/mol. The SMILES string of the molecule is Cc1ocnc1C(=O)NC(CCC(C)(C)C)C(=O)O. The second-order valence-electron chi connectivity index (χ2n) is 5.72. The summed E-state index contributed by atoms with van der Waals surface area (Å²) in [5.74, 6) is -1.19. The van der Waals surface area contributed by atoms with Gasteiger partial charge in [-0.15, -0.1) is 0 Å². The molecular formula is C13H20N2O4. The Hall–Kier alpha value is -1.85. The summed E-state index contributed by atoms with van der Waals surface area (Å²) in [6, 6.07) is -0.914. The number of amides is 1. The van der Waals surface area contributed by atoms with Crippen molar-refractivity contribution in [1.29, 1.82) is 0 Å². The quantitative estimate of drug-likeness (QED) is 0.852. The summed E-state index contributed by atoms with van der Waals surface area (Å²) in [4.78, 5) is 26.8. The average molecular weight is 268 g/mol. The smallest absolute Gasteiger partial charge is 0.326 e. The number of aromatic nitrogens is 1. The summed E-state index contributed by atoms with van der Waals surface area (Å²) in [6.07, 6.45) is 2.23. The summed E-state index contributed by atoms with van der Waals surface area (Å²) < 4.78 is 4.92. The molecule has 0 saturated heterocycles. The van der Waals surface area contributed by atoms with E-state index in [0.29, 0.717) is 18.6 Å². The molecule has 1 rings (SSSR count). The number of carbonyl (C=O) groups excluding carboxylic acids is 1. The number of carbonyl (C=O) groups is 2. The Morgan fingerprint density at radius 2 is 2.11 bits per heavy atom. The predicted molar refractivity (Wildman–Crippen MR) is 68.8 cm³/mol. The molecule has 1 amide bonds. The Balaban J connectivity index is 2.67. The van der Waals surface area contributed by atoms with Gasteiger partial charge in [0.1, 0.15) is 11.8 Å². The van der Waals surface area contributed by atoms with E-state index in [1.807, 2.05) is 20.8 Å². The molecule has 0 aliphatic carbocycles. The van der Waals surface area contributed by atoms with Crippen LogP contribution in [0.4, 0.5) is 0 Å². The van der Waals surface area contributed by atoms with E-state index < -0.39 is 17.9 Å². The minimum atomic E-state index is -1.04. The van der Waals surface area contributed by atoms with E-state index in [1.165, 1.54) is 0 Å². The second-order valence-corrected chi connectivity index (χ2v) is 5.72. The van der Waals surface area contributed by atoms with E-state index in [1.54, 1.807) is 6.92 Å². The van der Waals surface area contributed by atoms with Crippen molar-refractivity contribution >= 4 is 11.9 Å². The molecule has 1 aromatic heterocycles. The number of oxazole rings is 1. The van der Waals surface area contributed by atoms with Crippen LogP contribution >= 0.6 is 0 Å². The van der Waals surface area contributed by atoms with Gasteiger partial charge in [-0.05, 0) is 25.2 Å². The average Bonchev–Trinajstić information content (AvgIpc) is 2.68. The van der Waals surface area contributed by atoms with Gasteiger partial charge in [-0.3, -0.25) is 4.79 Å². The Bertz CT molecular complexity index is 459. The molecule has 1 aromatic rings. The van der Waals surface area contributed by atoms with E-state index >= 15 is 0 Å². The first kappa shape index (κ1) is 15.2. The van der Waals surface area contributed by atoms with Crippen LogP contribution in [0.5, 0.6) is 0 Å². The third kappa shape index (κ3) is 4.73. The minimum absolute atomic E-state index is 0.0161. The lowest BCUT2D eigenvalue weighted by atomic mass is 9.88. The molecule has 6 nitrogen and oxygen atoms in total. The highest BCUT2D eigenvalue weighted by Crippen LogP contribution is 2.21. The van der Waals surface area contributed by atoms with Crippen molar-refractivity contribution in [3.05, 3.63) is 17.8 Å². The van der Waals surface area contributed by atoms with E-state index in [4.69, 9.17) is 9.52 Å². The molecule has 1 heterocycles. The fraction of sp³-hybridized carbons (Fsp3) is 0.615. The van der Waals surface area contributed by atoms with Gasteiger partial charge in [0, 0.05) is 0 Å². The third-order valence-corrected chi connectivity index (χ3v) is 2.75. The van der Waals surface area contributed by atoms with Crippen molar-refractivity contribution in [3.8, 4) is 0 Å². The third-order valence-electron chi connectivity index (χ3n) is 2.75. The van der Waals surface area contributed by atoms with Gasteiger partial charge < -0.3 is 14.8 Å². The lowest BCUT2D eigenvalue weighted by Crippen LogP contribution is -2.41. The maximum atomic E-state index is 11.9. The predicted octanol–water partition coefficient (Wildman–Crippen LogP) is 1.99. The summed E-state index contributed by atoms with van der Waals surface area (Å²) in [5, 5.41) is 11.6. The molecule has 0 aliphatic rings. The molecular weight excluding hydrogens is 248 g/mol. The van der Waals surface area contributed by atoms with Gasteiger partial charge in [0.2, 0.25) is 0 Å². The fourth-order valence-corrected chi connectivity index (χ4v) is 1.58. The number of rotatable bonds is 5. The van der Waals surface area contributed by atoms with Gasteiger partial charge in [-0.1, -0.05) is 20.8 Å². The van der Waals surface area contributed by atoms with Gasteiger partial charge >= 0.3 is 5.97 Å². The van der Waals surface area contributed by atoms with Gasteiger partial charge in [-0.25, -0.2) is 9.78 Å². The molecule has 1 unspecified atom stereocenters. The van der Waals surface area contributed by atoms with Gasteiger partial charge in [0.15, 0.2) is 12.1 Å².